The molecule has 29 heavy (non-hydrogen) atoms. The molecule has 3 aliphatic carbocycles. The third-order valence-corrected chi connectivity index (χ3v) is 7.86. The molecule has 2 heteroatoms. The fourth-order valence-corrected chi connectivity index (χ4v) is 6.15. The van der Waals surface area contributed by atoms with E-state index in [9.17, 15) is 10.2 Å². The second kappa shape index (κ2) is 9.35. The van der Waals surface area contributed by atoms with Gasteiger partial charge < -0.3 is 10.2 Å². The van der Waals surface area contributed by atoms with Gasteiger partial charge in [0.2, 0.25) is 0 Å². The van der Waals surface area contributed by atoms with E-state index >= 15 is 0 Å². The Morgan fingerprint density at radius 2 is 2.00 bits per heavy atom. The molecule has 0 heterocycles. The van der Waals surface area contributed by atoms with Crippen LogP contribution in [-0.2, 0) is 0 Å². The molecule has 0 amide bonds. The normalized spacial score (nSPS) is 37.5. The fraction of sp³-hybridized carbons (Fsp3) is 0.704. The minimum Gasteiger partial charge on any atom is -0.393 e. The Morgan fingerprint density at radius 3 is 2.72 bits per heavy atom. The van der Waals surface area contributed by atoms with Crippen LogP contribution in [-0.4, -0.2) is 22.4 Å². The fourth-order valence-electron chi connectivity index (χ4n) is 6.15. The summed E-state index contributed by atoms with van der Waals surface area (Å²) in [5.74, 6) is 1.44. The number of hydrogen-bond acceptors (Lipinski definition) is 2. The molecule has 0 aromatic rings. The summed E-state index contributed by atoms with van der Waals surface area (Å²) >= 11 is 0. The summed E-state index contributed by atoms with van der Waals surface area (Å²) in [4.78, 5) is 0. The summed E-state index contributed by atoms with van der Waals surface area (Å²) in [5.41, 5.74) is 7.11. The van der Waals surface area contributed by atoms with Crippen molar-refractivity contribution in [2.75, 3.05) is 0 Å². The highest BCUT2D eigenvalue weighted by Crippen LogP contribution is 2.58. The Balaban J connectivity index is 1.78. The molecule has 162 valence electrons. The molecule has 4 atom stereocenters. The van der Waals surface area contributed by atoms with Gasteiger partial charge in [0.1, 0.15) is 0 Å². The van der Waals surface area contributed by atoms with Crippen molar-refractivity contribution in [3.05, 3.63) is 46.6 Å². The van der Waals surface area contributed by atoms with Crippen molar-refractivity contribution in [1.29, 1.82) is 0 Å². The van der Waals surface area contributed by atoms with E-state index in [2.05, 4.69) is 46.4 Å². The molecule has 3 fully saturated rings. The Hall–Kier alpha value is -1.12. The zero-order valence-electron chi connectivity index (χ0n) is 19.1. The van der Waals surface area contributed by atoms with Gasteiger partial charge >= 0.3 is 0 Å². The molecule has 0 unspecified atom stereocenters. The van der Waals surface area contributed by atoms with Crippen LogP contribution in [0.1, 0.15) is 91.9 Å². The summed E-state index contributed by atoms with van der Waals surface area (Å²) in [7, 11) is 0. The number of aliphatic hydroxyl groups is 2. The zero-order valence-corrected chi connectivity index (χ0v) is 19.1. The van der Waals surface area contributed by atoms with Gasteiger partial charge in [-0.25, -0.2) is 0 Å². The maximum atomic E-state index is 10.1. The zero-order chi connectivity index (χ0) is 21.2. The van der Waals surface area contributed by atoms with Gasteiger partial charge in [0.05, 0.1) is 12.2 Å². The topological polar surface area (TPSA) is 40.5 Å². The largest absolute Gasteiger partial charge is 0.393 e. The van der Waals surface area contributed by atoms with Crippen LogP contribution in [0.3, 0.4) is 0 Å². The molecular weight excluding hydrogens is 356 g/mol. The molecule has 3 rings (SSSR count). The maximum absolute atomic E-state index is 10.1. The smallest absolute Gasteiger partial charge is 0.0811 e. The van der Waals surface area contributed by atoms with Crippen molar-refractivity contribution in [3.8, 4) is 0 Å². The lowest BCUT2D eigenvalue weighted by molar-refractivity contribution is 0.0862. The van der Waals surface area contributed by atoms with Gasteiger partial charge in [-0.3, -0.25) is 0 Å². The number of allylic oxidation sites excluding steroid dienone is 5. The van der Waals surface area contributed by atoms with Crippen molar-refractivity contribution < 1.29 is 10.2 Å². The molecule has 0 spiro atoms. The molecule has 0 radical (unpaired) electrons. The van der Waals surface area contributed by atoms with Gasteiger partial charge in [0, 0.05) is 6.42 Å². The van der Waals surface area contributed by atoms with E-state index in [4.69, 9.17) is 0 Å². The van der Waals surface area contributed by atoms with Crippen LogP contribution in [0.2, 0.25) is 0 Å². The predicted molar refractivity (Wildman–Crippen MR) is 123 cm³/mol. The van der Waals surface area contributed by atoms with Gasteiger partial charge in [0.25, 0.3) is 0 Å². The molecule has 0 bridgehead atoms. The van der Waals surface area contributed by atoms with Gasteiger partial charge in [-0.15, -0.1) is 0 Å². The second-order valence-electron chi connectivity index (χ2n) is 10.5. The van der Waals surface area contributed by atoms with Crippen molar-refractivity contribution in [2.24, 2.45) is 17.3 Å². The lowest BCUT2D eigenvalue weighted by Gasteiger charge is -2.40. The second-order valence-corrected chi connectivity index (χ2v) is 10.5. The average molecular weight is 399 g/mol. The average Bonchev–Trinajstić information content (AvgIpc) is 3.00. The Bertz CT molecular complexity index is 708. The first-order valence-corrected chi connectivity index (χ1v) is 11.9. The monoisotopic (exact) mass is 398 g/mol. The van der Waals surface area contributed by atoms with Crippen LogP contribution in [0.4, 0.5) is 0 Å². The van der Waals surface area contributed by atoms with Crippen molar-refractivity contribution >= 4 is 0 Å². The van der Waals surface area contributed by atoms with Gasteiger partial charge in [-0.2, -0.15) is 0 Å². The van der Waals surface area contributed by atoms with Gasteiger partial charge in [-0.1, -0.05) is 62.6 Å². The summed E-state index contributed by atoms with van der Waals surface area (Å²) in [5, 5.41) is 20.1. The lowest BCUT2D eigenvalue weighted by Crippen LogP contribution is -2.29. The minimum atomic E-state index is -0.602. The first-order valence-electron chi connectivity index (χ1n) is 11.9. The van der Waals surface area contributed by atoms with E-state index in [1.54, 1.807) is 16.7 Å². The van der Waals surface area contributed by atoms with Crippen molar-refractivity contribution in [1.82, 2.24) is 0 Å². The number of rotatable bonds is 5. The van der Waals surface area contributed by atoms with Gasteiger partial charge in [0.15, 0.2) is 0 Å². The number of aliphatic hydroxyl groups excluding tert-OH is 2. The summed E-state index contributed by atoms with van der Waals surface area (Å²) in [6.45, 7) is 13.6. The SMILES string of the molecule is C=C1/C(=C\C=C2/CCC[C@]3(C)/C(=C(/C)CCCC(C)C)CC[C@@H]23)C[C@@H](O)C[C@@H]1O. The van der Waals surface area contributed by atoms with E-state index in [1.165, 1.54) is 51.4 Å². The van der Waals surface area contributed by atoms with E-state index in [-0.39, 0.29) is 0 Å². The third kappa shape index (κ3) is 4.97. The Morgan fingerprint density at radius 1 is 1.24 bits per heavy atom. The Labute approximate surface area is 178 Å². The number of fused-ring (bicyclic) bond motifs is 1. The quantitative estimate of drug-likeness (QED) is 0.509. The highest BCUT2D eigenvalue weighted by Gasteiger charge is 2.46. The van der Waals surface area contributed by atoms with Crippen LogP contribution in [0, 0.1) is 17.3 Å². The Kier molecular flexibility index (Phi) is 7.27. The highest BCUT2D eigenvalue weighted by atomic mass is 16.3. The van der Waals surface area contributed by atoms with Crippen LogP contribution >= 0.6 is 0 Å². The predicted octanol–water partition coefficient (Wildman–Crippen LogP) is 6.65. The summed E-state index contributed by atoms with van der Waals surface area (Å²) in [6, 6.07) is 0. The first-order chi connectivity index (χ1) is 13.7. The molecule has 0 aromatic heterocycles. The molecule has 2 N–H and O–H groups in total. The van der Waals surface area contributed by atoms with Gasteiger partial charge in [-0.05, 0) is 86.7 Å². The van der Waals surface area contributed by atoms with Crippen LogP contribution in [0.5, 0.6) is 0 Å². The summed E-state index contributed by atoms with van der Waals surface area (Å²) < 4.78 is 0. The molecule has 0 saturated heterocycles. The molecule has 3 saturated carbocycles. The van der Waals surface area contributed by atoms with E-state index < -0.39 is 12.2 Å². The number of hydrogen-bond donors (Lipinski definition) is 2. The van der Waals surface area contributed by atoms with Crippen LogP contribution in [0.25, 0.3) is 0 Å². The highest BCUT2D eigenvalue weighted by molar-refractivity contribution is 5.40. The van der Waals surface area contributed by atoms with Crippen molar-refractivity contribution in [3.63, 3.8) is 0 Å². The standard InChI is InChI=1S/C27H42O2/c1-18(2)8-6-9-19(3)24-13-14-25-21(10-7-15-27(24,25)5)11-12-22-16-23(28)17-26(29)20(22)4/h11-12,18,23,25-26,28-29H,4,6-10,13-17H2,1-3,5H3/b21-11+,22-12-,24-19-/t23-,25+,26+,27-/m1/s1. The van der Waals surface area contributed by atoms with E-state index in [0.29, 0.717) is 24.2 Å². The molecule has 0 aliphatic heterocycles. The molecule has 0 aromatic carbocycles. The minimum absolute atomic E-state index is 0.326. The van der Waals surface area contributed by atoms with Crippen molar-refractivity contribution in [2.45, 2.75) is 104 Å². The third-order valence-electron chi connectivity index (χ3n) is 7.86. The molecule has 2 nitrogen and oxygen atoms in total. The molecule has 3 aliphatic rings. The van der Waals surface area contributed by atoms with Crippen LogP contribution in [0.15, 0.2) is 46.6 Å². The van der Waals surface area contributed by atoms with Crippen LogP contribution < -0.4 is 0 Å². The maximum Gasteiger partial charge on any atom is 0.0811 e. The van der Waals surface area contributed by atoms with E-state index in [0.717, 1.165) is 17.1 Å². The first kappa shape index (κ1) is 22.6. The lowest BCUT2D eigenvalue weighted by atomic mass is 9.64. The summed E-state index contributed by atoms with van der Waals surface area (Å²) in [6.07, 6.45) is 14.6. The molecular formula is C27H42O2. The van der Waals surface area contributed by atoms with E-state index in [1.807, 2.05) is 0 Å².